The first kappa shape index (κ1) is 11.6. The van der Waals surface area contributed by atoms with Gasteiger partial charge >= 0.3 is 0 Å². The largest absolute Gasteiger partial charge is 0.352 e. The Morgan fingerprint density at radius 1 is 1.29 bits per heavy atom. The summed E-state index contributed by atoms with van der Waals surface area (Å²) in [6.45, 7) is 0. The molecule has 1 aromatic rings. The maximum absolute atomic E-state index is 11.6. The molecule has 1 amide bonds. The van der Waals surface area contributed by atoms with Gasteiger partial charge in [0.15, 0.2) is 12.1 Å². The number of hydrogen-bond donors (Lipinski definition) is 2. The zero-order valence-electron chi connectivity index (χ0n) is 9.56. The minimum absolute atomic E-state index is 0.274. The fourth-order valence-electron chi connectivity index (χ4n) is 1.57. The molecule has 1 aromatic heterocycles. The Labute approximate surface area is 98.6 Å². The number of methoxy groups -OCH3 is 2. The van der Waals surface area contributed by atoms with E-state index in [1.165, 1.54) is 20.3 Å². The van der Waals surface area contributed by atoms with E-state index in [2.05, 4.69) is 15.6 Å². The van der Waals surface area contributed by atoms with Crippen molar-refractivity contribution in [2.24, 2.45) is 0 Å². The lowest BCUT2D eigenvalue weighted by Gasteiger charge is -2.17. The Balaban J connectivity index is 2.34. The maximum Gasteiger partial charge on any atom is 0.251 e. The highest BCUT2D eigenvalue weighted by molar-refractivity contribution is 6.03. The second-order valence-electron chi connectivity index (χ2n) is 3.42. The van der Waals surface area contributed by atoms with Crippen LogP contribution in [0.2, 0.25) is 0 Å². The number of rotatable bonds is 3. The molecule has 0 spiro atoms. The van der Waals surface area contributed by atoms with Crippen molar-refractivity contribution < 1.29 is 14.3 Å². The highest BCUT2D eigenvalue weighted by Gasteiger charge is 2.20. The summed E-state index contributed by atoms with van der Waals surface area (Å²) in [6, 6.07) is 3.58. The molecule has 6 heteroatoms. The topological polar surface area (TPSA) is 72.5 Å². The van der Waals surface area contributed by atoms with E-state index in [1.807, 2.05) is 6.07 Å². The molecule has 0 radical (unpaired) electrons. The summed E-state index contributed by atoms with van der Waals surface area (Å²) in [5, 5.41) is 5.71. The second-order valence-corrected chi connectivity index (χ2v) is 3.42. The maximum atomic E-state index is 11.6. The van der Waals surface area contributed by atoms with Crippen molar-refractivity contribution in [2.75, 3.05) is 24.9 Å². The van der Waals surface area contributed by atoms with Crippen LogP contribution in [-0.4, -0.2) is 31.4 Å². The van der Waals surface area contributed by atoms with Crippen LogP contribution in [0.1, 0.15) is 0 Å². The second kappa shape index (κ2) is 4.94. The molecule has 0 saturated carbocycles. The molecule has 0 saturated heterocycles. The van der Waals surface area contributed by atoms with Gasteiger partial charge in [-0.05, 0) is 12.1 Å². The lowest BCUT2D eigenvalue weighted by molar-refractivity contribution is -0.112. The quantitative estimate of drug-likeness (QED) is 0.763. The number of hydrogen-bond acceptors (Lipinski definition) is 5. The van der Waals surface area contributed by atoms with Gasteiger partial charge in [0, 0.05) is 26.5 Å². The van der Waals surface area contributed by atoms with Crippen LogP contribution in [0.15, 0.2) is 30.1 Å². The van der Waals surface area contributed by atoms with E-state index in [1.54, 1.807) is 12.3 Å². The average molecular weight is 235 g/mol. The molecule has 2 heterocycles. The molecule has 0 fully saturated rings. The number of carbonyl (C=O) groups excluding carboxylic acids is 1. The third-order valence-electron chi connectivity index (χ3n) is 2.30. The summed E-state index contributed by atoms with van der Waals surface area (Å²) in [5.74, 6) is 0.207. The first-order valence-electron chi connectivity index (χ1n) is 5.05. The smallest absolute Gasteiger partial charge is 0.251 e. The number of anilines is 2. The summed E-state index contributed by atoms with van der Waals surface area (Å²) >= 11 is 0. The first-order valence-corrected chi connectivity index (χ1v) is 5.05. The van der Waals surface area contributed by atoms with Gasteiger partial charge < -0.3 is 20.1 Å². The number of nitrogens with zero attached hydrogens (tertiary/aromatic N) is 1. The SMILES string of the molecule is COC(OC)C1=CC(=O)Nc2ncccc2N1. The van der Waals surface area contributed by atoms with Crippen molar-refractivity contribution in [1.82, 2.24) is 4.98 Å². The number of carbonyl (C=O) groups is 1. The van der Waals surface area contributed by atoms with Crippen LogP contribution in [0.5, 0.6) is 0 Å². The van der Waals surface area contributed by atoms with Crippen LogP contribution in [0.3, 0.4) is 0 Å². The fraction of sp³-hybridized carbons (Fsp3) is 0.273. The molecular weight excluding hydrogens is 222 g/mol. The van der Waals surface area contributed by atoms with Crippen molar-refractivity contribution in [3.63, 3.8) is 0 Å². The van der Waals surface area contributed by atoms with Crippen molar-refractivity contribution in [3.05, 3.63) is 30.1 Å². The van der Waals surface area contributed by atoms with E-state index in [0.717, 1.165) is 0 Å². The third-order valence-corrected chi connectivity index (χ3v) is 2.30. The van der Waals surface area contributed by atoms with Crippen molar-refractivity contribution >= 4 is 17.4 Å². The molecule has 0 unspecified atom stereocenters. The number of pyridine rings is 1. The van der Waals surface area contributed by atoms with Crippen molar-refractivity contribution in [3.8, 4) is 0 Å². The lowest BCUT2D eigenvalue weighted by Crippen LogP contribution is -2.22. The van der Waals surface area contributed by atoms with E-state index >= 15 is 0 Å². The van der Waals surface area contributed by atoms with Gasteiger partial charge in [0.2, 0.25) is 0 Å². The molecule has 0 aliphatic carbocycles. The highest BCUT2D eigenvalue weighted by atomic mass is 16.7. The number of fused-ring (bicyclic) bond motifs is 1. The van der Waals surface area contributed by atoms with E-state index in [0.29, 0.717) is 17.2 Å². The number of amides is 1. The van der Waals surface area contributed by atoms with Crippen LogP contribution in [-0.2, 0) is 14.3 Å². The molecule has 2 N–H and O–H groups in total. The molecule has 1 aliphatic rings. The molecular formula is C11H13N3O3. The van der Waals surface area contributed by atoms with Gasteiger partial charge in [-0.3, -0.25) is 4.79 Å². The Bertz CT molecular complexity index is 455. The van der Waals surface area contributed by atoms with Crippen molar-refractivity contribution in [1.29, 1.82) is 0 Å². The van der Waals surface area contributed by atoms with E-state index in [-0.39, 0.29) is 5.91 Å². The molecule has 1 aliphatic heterocycles. The average Bonchev–Trinajstić information content (AvgIpc) is 2.48. The predicted molar refractivity (Wildman–Crippen MR) is 62.4 cm³/mol. The number of nitrogens with one attached hydrogen (secondary N) is 2. The fourth-order valence-corrected chi connectivity index (χ4v) is 1.57. The van der Waals surface area contributed by atoms with Crippen LogP contribution < -0.4 is 10.6 Å². The molecule has 0 aromatic carbocycles. The highest BCUT2D eigenvalue weighted by Crippen LogP contribution is 2.24. The minimum Gasteiger partial charge on any atom is -0.352 e. The Hall–Kier alpha value is -1.92. The van der Waals surface area contributed by atoms with Crippen LogP contribution in [0.4, 0.5) is 11.5 Å². The molecule has 0 atom stereocenters. The van der Waals surface area contributed by atoms with Gasteiger partial charge in [0.25, 0.3) is 5.91 Å². The third kappa shape index (κ3) is 2.43. The van der Waals surface area contributed by atoms with E-state index < -0.39 is 6.29 Å². The van der Waals surface area contributed by atoms with E-state index in [9.17, 15) is 4.79 Å². The van der Waals surface area contributed by atoms with Gasteiger partial charge in [0.05, 0.1) is 11.4 Å². The first-order chi connectivity index (χ1) is 8.24. The number of aromatic nitrogens is 1. The zero-order valence-corrected chi connectivity index (χ0v) is 9.56. The minimum atomic E-state index is -0.619. The monoisotopic (exact) mass is 235 g/mol. The number of ether oxygens (including phenoxy) is 2. The van der Waals surface area contributed by atoms with Gasteiger partial charge in [0.1, 0.15) is 0 Å². The molecule has 90 valence electrons. The van der Waals surface area contributed by atoms with Crippen molar-refractivity contribution in [2.45, 2.75) is 6.29 Å². The molecule has 6 nitrogen and oxygen atoms in total. The van der Waals surface area contributed by atoms with E-state index in [4.69, 9.17) is 9.47 Å². The van der Waals surface area contributed by atoms with Gasteiger partial charge in [-0.15, -0.1) is 0 Å². The van der Waals surface area contributed by atoms with Crippen LogP contribution in [0, 0.1) is 0 Å². The summed E-state index contributed by atoms with van der Waals surface area (Å²) in [6.07, 6.45) is 2.38. The zero-order chi connectivity index (χ0) is 12.3. The van der Waals surface area contributed by atoms with Gasteiger partial charge in [-0.25, -0.2) is 4.98 Å². The van der Waals surface area contributed by atoms with Crippen LogP contribution >= 0.6 is 0 Å². The molecule has 2 rings (SSSR count). The molecule has 17 heavy (non-hydrogen) atoms. The summed E-state index contributed by atoms with van der Waals surface area (Å²) in [4.78, 5) is 15.7. The summed E-state index contributed by atoms with van der Waals surface area (Å²) in [5.41, 5.74) is 1.22. The van der Waals surface area contributed by atoms with Gasteiger partial charge in [-0.2, -0.15) is 0 Å². The standard InChI is InChI=1S/C11H13N3O3/c1-16-11(17-2)8-6-9(15)14-10-7(13-8)4-3-5-12-10/h3-6,11,13H,1-2H3,(H,12,14,15). The summed E-state index contributed by atoms with van der Waals surface area (Å²) in [7, 11) is 3.01. The Morgan fingerprint density at radius 3 is 2.76 bits per heavy atom. The lowest BCUT2D eigenvalue weighted by atomic mass is 10.3. The normalized spacial score (nSPS) is 14.5. The van der Waals surface area contributed by atoms with Gasteiger partial charge in [-0.1, -0.05) is 0 Å². The summed E-state index contributed by atoms with van der Waals surface area (Å²) < 4.78 is 10.2. The Kier molecular flexibility index (Phi) is 3.36. The van der Waals surface area contributed by atoms with Crippen LogP contribution in [0.25, 0.3) is 0 Å². The molecule has 0 bridgehead atoms. The predicted octanol–water partition coefficient (Wildman–Crippen LogP) is 0.948. The Morgan fingerprint density at radius 2 is 2.06 bits per heavy atom.